The van der Waals surface area contributed by atoms with E-state index in [1.807, 2.05) is 6.92 Å². The van der Waals surface area contributed by atoms with Crippen molar-refractivity contribution in [3.8, 4) is 0 Å². The first-order valence-electron chi connectivity index (χ1n) is 24.3. The van der Waals surface area contributed by atoms with E-state index >= 15 is 0 Å². The van der Waals surface area contributed by atoms with Crippen molar-refractivity contribution in [1.29, 1.82) is 0 Å². The second-order valence-corrected chi connectivity index (χ2v) is 22.8. The van der Waals surface area contributed by atoms with Crippen molar-refractivity contribution in [2.24, 2.45) is 44.3 Å². The number of carboxylic acid groups (broad SMARTS) is 1. The van der Waals surface area contributed by atoms with Crippen molar-refractivity contribution in [3.05, 3.63) is 23.3 Å². The highest BCUT2D eigenvalue weighted by Gasteiger charge is 2.69. The average molecular weight is 973 g/mol. The van der Waals surface area contributed by atoms with Crippen LogP contribution in [0.5, 0.6) is 0 Å². The zero-order valence-corrected chi connectivity index (χ0v) is 39.8. The molecule has 8 rings (SSSR count). The molecule has 0 bridgehead atoms. The van der Waals surface area contributed by atoms with E-state index in [1.54, 1.807) is 6.92 Å². The third kappa shape index (κ3) is 7.82. The van der Waals surface area contributed by atoms with Crippen LogP contribution in [0.15, 0.2) is 23.3 Å². The van der Waals surface area contributed by atoms with E-state index in [0.29, 0.717) is 44.9 Å². The molecule has 3 saturated carbocycles. The molecule has 0 aromatic heterocycles. The molecular weight excluding hydrogens is 897 g/mol. The Morgan fingerprint density at radius 3 is 1.91 bits per heavy atom. The van der Waals surface area contributed by atoms with Gasteiger partial charge in [-0.2, -0.15) is 0 Å². The van der Waals surface area contributed by atoms with Gasteiger partial charge in [0, 0.05) is 16.2 Å². The largest absolute Gasteiger partial charge is 0.481 e. The van der Waals surface area contributed by atoms with Crippen LogP contribution in [0.3, 0.4) is 0 Å². The molecule has 0 radical (unpaired) electrons. The lowest BCUT2D eigenvalue weighted by Crippen LogP contribution is -2.67. The van der Waals surface area contributed by atoms with E-state index in [4.69, 9.17) is 28.4 Å². The van der Waals surface area contributed by atoms with Gasteiger partial charge in [0.1, 0.15) is 67.1 Å². The van der Waals surface area contributed by atoms with Crippen molar-refractivity contribution in [1.82, 2.24) is 0 Å². The molecule has 13 N–H and O–H groups in total. The number of allylic oxidation sites excluding steroid dienone is 3. The molecule has 20 heteroatoms. The Kier molecular flexibility index (Phi) is 14.4. The molecular formula is C48H76O20. The first-order valence-corrected chi connectivity index (χ1v) is 24.3. The number of carboxylic acids is 1. The predicted molar refractivity (Wildman–Crippen MR) is 233 cm³/mol. The number of aliphatic carboxylic acids is 1. The summed E-state index contributed by atoms with van der Waals surface area (Å²) in [6.07, 6.45) is -18.3. The van der Waals surface area contributed by atoms with Crippen molar-refractivity contribution in [3.63, 3.8) is 0 Å². The van der Waals surface area contributed by atoms with E-state index < -0.39 is 156 Å². The Morgan fingerprint density at radius 2 is 1.29 bits per heavy atom. The summed E-state index contributed by atoms with van der Waals surface area (Å²) >= 11 is 0. The molecule has 25 atom stereocenters. The van der Waals surface area contributed by atoms with Gasteiger partial charge in [-0.25, -0.2) is 0 Å². The summed E-state index contributed by atoms with van der Waals surface area (Å²) in [7, 11) is 0. The molecule has 68 heavy (non-hydrogen) atoms. The van der Waals surface area contributed by atoms with Crippen LogP contribution in [-0.2, 0) is 33.2 Å². The van der Waals surface area contributed by atoms with Crippen LogP contribution in [0.2, 0.25) is 0 Å². The Labute approximate surface area is 396 Å². The summed E-state index contributed by atoms with van der Waals surface area (Å²) in [5.74, 6) is -1.08. The van der Waals surface area contributed by atoms with Crippen LogP contribution >= 0.6 is 0 Å². The average Bonchev–Trinajstić information content (AvgIpc) is 3.30. The zero-order chi connectivity index (χ0) is 49.8. The van der Waals surface area contributed by atoms with E-state index in [1.165, 1.54) is 6.92 Å². The molecule has 388 valence electrons. The molecule has 3 saturated heterocycles. The Balaban J connectivity index is 1.04. The van der Waals surface area contributed by atoms with Crippen molar-refractivity contribution < 1.29 is 99.6 Å². The normalized spacial score (nSPS) is 54.9. The summed E-state index contributed by atoms with van der Waals surface area (Å²) in [6.45, 7) is 9.74. The first-order chi connectivity index (χ1) is 31.9. The smallest absolute Gasteiger partial charge is 0.309 e. The fourth-order valence-corrected chi connectivity index (χ4v) is 14.5. The van der Waals surface area contributed by atoms with Crippen molar-refractivity contribution >= 4 is 5.97 Å². The highest BCUT2D eigenvalue weighted by atomic mass is 16.8. The second-order valence-electron chi connectivity index (χ2n) is 22.8. The second kappa shape index (κ2) is 18.6. The van der Waals surface area contributed by atoms with Crippen LogP contribution in [0.25, 0.3) is 0 Å². The Morgan fingerprint density at radius 1 is 0.676 bits per heavy atom. The van der Waals surface area contributed by atoms with Crippen LogP contribution in [0, 0.1) is 44.3 Å². The maximum Gasteiger partial charge on any atom is 0.309 e. The third-order valence-electron chi connectivity index (χ3n) is 19.3. The molecule has 20 nitrogen and oxygen atoms in total. The molecule has 0 spiro atoms. The summed E-state index contributed by atoms with van der Waals surface area (Å²) in [6, 6.07) is 0. The lowest BCUT2D eigenvalue weighted by atomic mass is 9.35. The zero-order valence-electron chi connectivity index (χ0n) is 39.8. The first kappa shape index (κ1) is 52.5. The van der Waals surface area contributed by atoms with Crippen molar-refractivity contribution in [2.75, 3.05) is 26.4 Å². The highest BCUT2D eigenvalue weighted by Crippen LogP contribution is 2.74. The molecule has 8 aliphatic rings. The summed E-state index contributed by atoms with van der Waals surface area (Å²) in [5.41, 5.74) is -2.44. The van der Waals surface area contributed by atoms with Gasteiger partial charge in [-0.1, -0.05) is 45.4 Å². The maximum absolute atomic E-state index is 12.6. The van der Waals surface area contributed by atoms with Gasteiger partial charge in [0.25, 0.3) is 0 Å². The molecule has 0 aromatic rings. The minimum atomic E-state index is -1.92. The maximum atomic E-state index is 12.6. The number of ether oxygens (including phenoxy) is 6. The molecule has 5 aliphatic carbocycles. The standard InChI is InChI=1S/C48H76O20/c1-21-30(54)37(67-41-38(34(58)32(56)25(18-50)65-41)68-39-35(59)33(57)31(55)24(17-49)64-39)36(60)40(63-21)66-29-10-11-44(3)26(45(29,4)19-51)9-12-46(5)27(44)8-7-22-23-15-43(2,42(61)62)13-14-48(23,20-52)28(53)16-47(22,46)6/h7-8,21,24-41,49-60H,9-20H2,1-6H3,(H,61,62). The molecule has 0 amide bonds. The molecule has 6 fully saturated rings. The SMILES string of the molecule is CC1OC(OC2CCC3(C)C(CCC4(C)C3C=CC3=C5CC(C)(C(=O)O)CCC5(CO)C(O)CC34C)C2(C)CO)C(O)C(OC2OC(CO)C(O)C(O)C2OC2OC(CO)C(O)C(O)C2O)C1O. The minimum absolute atomic E-state index is 0.0482. The monoisotopic (exact) mass is 972 g/mol. The fraction of sp³-hybridized carbons (Fsp3) is 0.896. The van der Waals surface area contributed by atoms with E-state index in [0.717, 1.165) is 11.1 Å². The number of hydrogen-bond acceptors (Lipinski definition) is 19. The number of carbonyl (C=O) groups is 1. The third-order valence-corrected chi connectivity index (χ3v) is 19.3. The predicted octanol–water partition coefficient (Wildman–Crippen LogP) is -1.43. The molecule has 0 aromatic carbocycles. The molecule has 25 unspecified atom stereocenters. The summed E-state index contributed by atoms with van der Waals surface area (Å²) in [5, 5.41) is 141. The van der Waals surface area contributed by atoms with Crippen molar-refractivity contribution in [2.45, 2.75) is 197 Å². The van der Waals surface area contributed by atoms with E-state index in [-0.39, 0.29) is 31.5 Å². The lowest BCUT2D eigenvalue weighted by molar-refractivity contribution is -0.391. The van der Waals surface area contributed by atoms with Crippen LogP contribution in [0.1, 0.15) is 92.9 Å². The van der Waals surface area contributed by atoms with Gasteiger partial charge in [-0.05, 0) is 93.5 Å². The van der Waals surface area contributed by atoms with Crippen LogP contribution in [0.4, 0.5) is 0 Å². The van der Waals surface area contributed by atoms with Gasteiger partial charge in [0.2, 0.25) is 0 Å². The van der Waals surface area contributed by atoms with Gasteiger partial charge in [-0.15, -0.1) is 0 Å². The van der Waals surface area contributed by atoms with Gasteiger partial charge in [0.15, 0.2) is 18.9 Å². The number of hydrogen-bond donors (Lipinski definition) is 13. The van der Waals surface area contributed by atoms with Crippen LogP contribution < -0.4 is 0 Å². The minimum Gasteiger partial charge on any atom is -0.481 e. The number of fused-ring (bicyclic) bond motifs is 6. The van der Waals surface area contributed by atoms with Gasteiger partial charge in [0.05, 0.1) is 50.2 Å². The fourth-order valence-electron chi connectivity index (χ4n) is 14.5. The Hall–Kier alpha value is -1.77. The lowest BCUT2D eigenvalue weighted by Gasteiger charge is -2.70. The Bertz CT molecular complexity index is 1920. The quantitative estimate of drug-likeness (QED) is 0.106. The van der Waals surface area contributed by atoms with Gasteiger partial charge in [-0.3, -0.25) is 4.79 Å². The number of aliphatic hydroxyl groups excluding tert-OH is 12. The topological polar surface area (TPSA) is 335 Å². The van der Waals surface area contributed by atoms with E-state index in [9.17, 15) is 71.2 Å². The van der Waals surface area contributed by atoms with Crippen LogP contribution in [-0.4, -0.2) is 203 Å². The summed E-state index contributed by atoms with van der Waals surface area (Å²) < 4.78 is 36.0. The van der Waals surface area contributed by atoms with E-state index in [2.05, 4.69) is 32.9 Å². The molecule has 3 aliphatic heterocycles. The molecule has 3 heterocycles. The van der Waals surface area contributed by atoms with Gasteiger partial charge >= 0.3 is 5.97 Å². The highest BCUT2D eigenvalue weighted by molar-refractivity contribution is 5.75. The van der Waals surface area contributed by atoms with Gasteiger partial charge < -0.3 is 94.8 Å². The summed E-state index contributed by atoms with van der Waals surface area (Å²) in [4.78, 5) is 12.6. The number of rotatable bonds is 11. The number of aliphatic hydroxyl groups is 12.